The zero-order chi connectivity index (χ0) is 21.1. The molecule has 0 aliphatic carbocycles. The SMILES string of the molecule is NC(=O)C(=O)C(Cc1csc2ccncc12)NC(=O)c1ccnn1-c1ccccn1. The molecule has 2 amide bonds. The van der Waals surface area contributed by atoms with E-state index in [0.717, 1.165) is 15.6 Å². The summed E-state index contributed by atoms with van der Waals surface area (Å²) in [7, 11) is 0. The molecular formula is C20H16N6O3S. The molecule has 3 N–H and O–H groups in total. The molecule has 0 bridgehead atoms. The molecule has 4 heterocycles. The normalized spacial score (nSPS) is 11.9. The van der Waals surface area contributed by atoms with Crippen molar-refractivity contribution in [2.75, 3.05) is 0 Å². The summed E-state index contributed by atoms with van der Waals surface area (Å²) in [5.41, 5.74) is 6.18. The molecule has 0 aromatic carbocycles. The Labute approximate surface area is 174 Å². The van der Waals surface area contributed by atoms with Crippen LogP contribution in [0.15, 0.2) is 60.5 Å². The van der Waals surface area contributed by atoms with Gasteiger partial charge in [-0.25, -0.2) is 9.67 Å². The zero-order valence-corrected chi connectivity index (χ0v) is 16.4. The van der Waals surface area contributed by atoms with Gasteiger partial charge in [0.05, 0.1) is 6.20 Å². The minimum absolute atomic E-state index is 0.108. The molecular weight excluding hydrogens is 404 g/mol. The highest BCUT2D eigenvalue weighted by Crippen LogP contribution is 2.26. The molecule has 0 saturated heterocycles. The number of rotatable bonds is 7. The lowest BCUT2D eigenvalue weighted by molar-refractivity contribution is -0.137. The van der Waals surface area contributed by atoms with E-state index in [1.807, 2.05) is 11.4 Å². The number of primary amides is 1. The van der Waals surface area contributed by atoms with Crippen LogP contribution in [-0.4, -0.2) is 43.4 Å². The lowest BCUT2D eigenvalue weighted by Gasteiger charge is -2.16. The molecule has 0 aliphatic heterocycles. The van der Waals surface area contributed by atoms with E-state index in [0.29, 0.717) is 5.82 Å². The Morgan fingerprint density at radius 1 is 1.13 bits per heavy atom. The van der Waals surface area contributed by atoms with Crippen molar-refractivity contribution < 1.29 is 14.4 Å². The van der Waals surface area contributed by atoms with Gasteiger partial charge in [-0.05, 0) is 35.2 Å². The first-order valence-electron chi connectivity index (χ1n) is 8.94. The van der Waals surface area contributed by atoms with Crippen LogP contribution in [0.25, 0.3) is 15.9 Å². The number of Topliss-reactive ketones (excluding diaryl/α,β-unsaturated/α-hetero) is 1. The Balaban J connectivity index is 1.62. The molecule has 30 heavy (non-hydrogen) atoms. The van der Waals surface area contributed by atoms with Gasteiger partial charge >= 0.3 is 0 Å². The van der Waals surface area contributed by atoms with E-state index < -0.39 is 23.6 Å². The number of aromatic nitrogens is 4. The Hall–Kier alpha value is -3.92. The number of nitrogens with two attached hydrogens (primary N) is 1. The van der Waals surface area contributed by atoms with E-state index in [-0.39, 0.29) is 12.1 Å². The molecule has 1 unspecified atom stereocenters. The third kappa shape index (κ3) is 3.80. The summed E-state index contributed by atoms with van der Waals surface area (Å²) in [4.78, 5) is 45.2. The first kappa shape index (κ1) is 19.4. The number of thiophene rings is 1. The second-order valence-corrected chi connectivity index (χ2v) is 7.32. The van der Waals surface area contributed by atoms with E-state index in [1.165, 1.54) is 28.3 Å². The summed E-state index contributed by atoms with van der Waals surface area (Å²) in [6.45, 7) is 0. The Kier molecular flexibility index (Phi) is 5.31. The van der Waals surface area contributed by atoms with Crippen molar-refractivity contribution in [3.8, 4) is 5.82 Å². The Morgan fingerprint density at radius 2 is 2.00 bits per heavy atom. The van der Waals surface area contributed by atoms with Gasteiger partial charge in [-0.2, -0.15) is 5.10 Å². The summed E-state index contributed by atoms with van der Waals surface area (Å²) in [6.07, 6.45) is 6.50. The van der Waals surface area contributed by atoms with Gasteiger partial charge in [0.25, 0.3) is 11.8 Å². The molecule has 0 fully saturated rings. The second kappa shape index (κ2) is 8.21. The first-order valence-corrected chi connectivity index (χ1v) is 9.82. The fourth-order valence-electron chi connectivity index (χ4n) is 3.05. The number of nitrogens with one attached hydrogen (secondary N) is 1. The minimum Gasteiger partial charge on any atom is -0.363 e. The van der Waals surface area contributed by atoms with Crippen molar-refractivity contribution in [2.24, 2.45) is 5.73 Å². The second-order valence-electron chi connectivity index (χ2n) is 6.41. The number of ketones is 1. The molecule has 9 nitrogen and oxygen atoms in total. The van der Waals surface area contributed by atoms with Gasteiger partial charge in [-0.1, -0.05) is 6.07 Å². The monoisotopic (exact) mass is 420 g/mol. The Morgan fingerprint density at radius 3 is 2.77 bits per heavy atom. The molecule has 10 heteroatoms. The van der Waals surface area contributed by atoms with Gasteiger partial charge in [0, 0.05) is 35.1 Å². The van der Waals surface area contributed by atoms with Crippen molar-refractivity contribution in [2.45, 2.75) is 12.5 Å². The maximum atomic E-state index is 12.9. The average molecular weight is 420 g/mol. The van der Waals surface area contributed by atoms with Crippen molar-refractivity contribution in [3.05, 3.63) is 71.8 Å². The number of carbonyl (C=O) groups excluding carboxylic acids is 3. The van der Waals surface area contributed by atoms with E-state index in [1.54, 1.807) is 36.8 Å². The highest BCUT2D eigenvalue weighted by molar-refractivity contribution is 7.17. The molecule has 4 rings (SSSR count). The molecule has 0 radical (unpaired) electrons. The van der Waals surface area contributed by atoms with Gasteiger partial charge < -0.3 is 11.1 Å². The van der Waals surface area contributed by atoms with E-state index in [9.17, 15) is 14.4 Å². The summed E-state index contributed by atoms with van der Waals surface area (Å²) in [6, 6.07) is 7.44. The van der Waals surface area contributed by atoms with Gasteiger partial charge in [-0.3, -0.25) is 19.4 Å². The number of pyridine rings is 2. The molecule has 4 aromatic heterocycles. The minimum atomic E-state index is -1.12. The molecule has 150 valence electrons. The maximum absolute atomic E-state index is 12.9. The summed E-state index contributed by atoms with van der Waals surface area (Å²) >= 11 is 1.49. The van der Waals surface area contributed by atoms with Crippen molar-refractivity contribution in [3.63, 3.8) is 0 Å². The lowest BCUT2D eigenvalue weighted by atomic mass is 10.0. The molecule has 0 aliphatic rings. The number of nitrogens with zero attached hydrogens (tertiary/aromatic N) is 4. The van der Waals surface area contributed by atoms with Gasteiger partial charge in [-0.15, -0.1) is 11.3 Å². The van der Waals surface area contributed by atoms with Crippen molar-refractivity contribution >= 4 is 39.0 Å². The number of hydrogen-bond donors (Lipinski definition) is 2. The predicted molar refractivity (Wildman–Crippen MR) is 110 cm³/mol. The number of amides is 2. The summed E-state index contributed by atoms with van der Waals surface area (Å²) < 4.78 is 2.34. The standard InChI is InChI=1S/C20H16N6O3S/c21-19(28)18(27)14(9-12-11-30-16-5-7-22-10-13(12)16)25-20(29)15-4-8-24-26(15)17-3-1-2-6-23-17/h1-8,10-11,14H,9H2,(H2,21,28)(H,25,29). The third-order valence-corrected chi connectivity index (χ3v) is 5.50. The van der Waals surface area contributed by atoms with Crippen LogP contribution in [0.2, 0.25) is 0 Å². The molecule has 0 saturated carbocycles. The van der Waals surface area contributed by atoms with Crippen LogP contribution in [0.3, 0.4) is 0 Å². The highest BCUT2D eigenvalue weighted by atomic mass is 32.1. The number of hydrogen-bond acceptors (Lipinski definition) is 7. The molecule has 4 aromatic rings. The predicted octanol–water partition coefficient (Wildman–Crippen LogP) is 1.27. The molecule has 1 atom stereocenters. The topological polar surface area (TPSA) is 133 Å². The fraction of sp³-hybridized carbons (Fsp3) is 0.100. The van der Waals surface area contributed by atoms with Crippen LogP contribution in [-0.2, 0) is 16.0 Å². The summed E-state index contributed by atoms with van der Waals surface area (Å²) in [5, 5.41) is 9.47. The van der Waals surface area contributed by atoms with Crippen LogP contribution in [0, 0.1) is 0 Å². The summed E-state index contributed by atoms with van der Waals surface area (Å²) in [5.74, 6) is -2.12. The Bertz CT molecular complexity index is 1230. The van der Waals surface area contributed by atoms with Crippen LogP contribution in [0.4, 0.5) is 0 Å². The van der Waals surface area contributed by atoms with Crippen LogP contribution < -0.4 is 11.1 Å². The lowest BCUT2D eigenvalue weighted by Crippen LogP contribution is -2.47. The van der Waals surface area contributed by atoms with Crippen LogP contribution in [0.1, 0.15) is 16.1 Å². The van der Waals surface area contributed by atoms with Crippen molar-refractivity contribution in [1.82, 2.24) is 25.1 Å². The largest absolute Gasteiger partial charge is 0.363 e. The number of carbonyl (C=O) groups is 3. The van der Waals surface area contributed by atoms with Crippen LogP contribution in [0.5, 0.6) is 0 Å². The third-order valence-electron chi connectivity index (χ3n) is 4.49. The fourth-order valence-corrected chi connectivity index (χ4v) is 3.99. The number of fused-ring (bicyclic) bond motifs is 1. The van der Waals surface area contributed by atoms with E-state index >= 15 is 0 Å². The van der Waals surface area contributed by atoms with Gasteiger partial charge in [0.2, 0.25) is 5.78 Å². The van der Waals surface area contributed by atoms with E-state index in [2.05, 4.69) is 20.4 Å². The van der Waals surface area contributed by atoms with Crippen LogP contribution >= 0.6 is 11.3 Å². The first-order chi connectivity index (χ1) is 14.5. The van der Waals surface area contributed by atoms with E-state index in [4.69, 9.17) is 5.73 Å². The maximum Gasteiger partial charge on any atom is 0.287 e. The van der Waals surface area contributed by atoms with Gasteiger partial charge in [0.15, 0.2) is 5.82 Å². The highest BCUT2D eigenvalue weighted by Gasteiger charge is 2.28. The average Bonchev–Trinajstić information content (AvgIpc) is 3.41. The van der Waals surface area contributed by atoms with Gasteiger partial charge in [0.1, 0.15) is 11.7 Å². The quantitative estimate of drug-likeness (QED) is 0.433. The zero-order valence-electron chi connectivity index (χ0n) is 15.6. The van der Waals surface area contributed by atoms with Crippen molar-refractivity contribution in [1.29, 1.82) is 0 Å². The smallest absolute Gasteiger partial charge is 0.287 e. The molecule has 0 spiro atoms.